The summed E-state index contributed by atoms with van der Waals surface area (Å²) in [4.78, 5) is 5.91. The van der Waals surface area contributed by atoms with Crippen molar-refractivity contribution >= 4 is 16.3 Å². The van der Waals surface area contributed by atoms with Crippen LogP contribution in [-0.2, 0) is 0 Å². The average Bonchev–Trinajstić information content (AvgIpc) is 2.68. The van der Waals surface area contributed by atoms with Crippen LogP contribution in [0.2, 0.25) is 0 Å². The minimum atomic E-state index is -0.413. The van der Waals surface area contributed by atoms with Crippen LogP contribution in [-0.4, -0.2) is 19.7 Å². The van der Waals surface area contributed by atoms with E-state index in [1.807, 2.05) is 20.8 Å². The summed E-state index contributed by atoms with van der Waals surface area (Å²) in [5.74, 6) is 0.219. The van der Waals surface area contributed by atoms with Gasteiger partial charge in [0.05, 0.1) is 16.7 Å². The Morgan fingerprint density at radius 2 is 2.21 bits per heavy atom. The van der Waals surface area contributed by atoms with Crippen molar-refractivity contribution in [2.45, 2.75) is 26.9 Å². The highest BCUT2D eigenvalue weighted by Gasteiger charge is 2.19. The number of thiazole rings is 1. The molecule has 0 bridgehead atoms. The highest BCUT2D eigenvalue weighted by Crippen LogP contribution is 2.30. The second-order valence-corrected chi connectivity index (χ2v) is 4.70. The molecule has 1 unspecified atom stereocenters. The molecule has 0 radical (unpaired) electrons. The Morgan fingerprint density at radius 3 is 2.79 bits per heavy atom. The standard InChI is InChI=1S/C9H13N3OS/c1-5(2)7(13)8-6(3)12-9(14-8)10-4-11-12/h4-5,7,13H,1-3H3. The molecule has 0 spiro atoms. The minimum Gasteiger partial charge on any atom is -0.387 e. The molecule has 1 atom stereocenters. The number of hydrogen-bond acceptors (Lipinski definition) is 4. The van der Waals surface area contributed by atoms with Crippen molar-refractivity contribution in [3.8, 4) is 0 Å². The van der Waals surface area contributed by atoms with Crippen LogP contribution < -0.4 is 0 Å². The number of aliphatic hydroxyl groups excluding tert-OH is 1. The fraction of sp³-hybridized carbons (Fsp3) is 0.556. The van der Waals surface area contributed by atoms with Gasteiger partial charge in [-0.25, -0.2) is 9.50 Å². The van der Waals surface area contributed by atoms with Gasteiger partial charge >= 0.3 is 0 Å². The Kier molecular flexibility index (Phi) is 2.28. The van der Waals surface area contributed by atoms with E-state index in [1.54, 1.807) is 4.52 Å². The maximum atomic E-state index is 9.94. The van der Waals surface area contributed by atoms with E-state index in [4.69, 9.17) is 0 Å². The van der Waals surface area contributed by atoms with Gasteiger partial charge in [-0.1, -0.05) is 25.2 Å². The van der Waals surface area contributed by atoms with Gasteiger partial charge in [0.1, 0.15) is 6.33 Å². The molecule has 0 aliphatic heterocycles. The van der Waals surface area contributed by atoms with Gasteiger partial charge < -0.3 is 5.11 Å². The smallest absolute Gasteiger partial charge is 0.212 e. The van der Waals surface area contributed by atoms with E-state index < -0.39 is 6.10 Å². The van der Waals surface area contributed by atoms with Crippen LogP contribution in [0.15, 0.2) is 6.33 Å². The van der Waals surface area contributed by atoms with Crippen LogP contribution in [0.3, 0.4) is 0 Å². The molecule has 0 aliphatic rings. The van der Waals surface area contributed by atoms with Gasteiger partial charge in [-0.15, -0.1) is 0 Å². The van der Waals surface area contributed by atoms with Crippen LogP contribution in [0.1, 0.15) is 30.5 Å². The largest absolute Gasteiger partial charge is 0.387 e. The molecule has 0 saturated carbocycles. The van der Waals surface area contributed by atoms with Crippen LogP contribution in [0.4, 0.5) is 0 Å². The molecule has 0 aliphatic carbocycles. The Morgan fingerprint density at radius 1 is 1.50 bits per heavy atom. The van der Waals surface area contributed by atoms with Crippen LogP contribution in [0.25, 0.3) is 4.96 Å². The van der Waals surface area contributed by atoms with Gasteiger partial charge in [0, 0.05) is 0 Å². The Hall–Kier alpha value is -0.940. The molecular weight excluding hydrogens is 198 g/mol. The fourth-order valence-corrected chi connectivity index (χ4v) is 2.58. The van der Waals surface area contributed by atoms with Crippen LogP contribution in [0, 0.1) is 12.8 Å². The zero-order valence-electron chi connectivity index (χ0n) is 8.43. The molecule has 2 heterocycles. The molecule has 2 aromatic rings. The number of aliphatic hydroxyl groups is 1. The summed E-state index contributed by atoms with van der Waals surface area (Å²) < 4.78 is 1.77. The fourth-order valence-electron chi connectivity index (χ4n) is 1.38. The van der Waals surface area contributed by atoms with E-state index >= 15 is 0 Å². The van der Waals surface area contributed by atoms with Gasteiger partial charge in [0.15, 0.2) is 0 Å². The predicted molar refractivity (Wildman–Crippen MR) is 55.4 cm³/mol. The number of aryl methyl sites for hydroxylation is 1. The number of aromatic nitrogens is 3. The van der Waals surface area contributed by atoms with E-state index in [-0.39, 0.29) is 5.92 Å². The Balaban J connectivity index is 2.52. The lowest BCUT2D eigenvalue weighted by molar-refractivity contribution is 0.129. The maximum Gasteiger partial charge on any atom is 0.212 e. The minimum absolute atomic E-state index is 0.219. The van der Waals surface area contributed by atoms with Crippen molar-refractivity contribution in [1.82, 2.24) is 14.6 Å². The molecule has 0 fully saturated rings. The topological polar surface area (TPSA) is 50.4 Å². The molecule has 4 nitrogen and oxygen atoms in total. The van der Waals surface area contributed by atoms with Crippen molar-refractivity contribution in [2.24, 2.45) is 5.92 Å². The van der Waals surface area contributed by atoms with E-state index in [0.29, 0.717) is 0 Å². The molecule has 76 valence electrons. The first-order valence-corrected chi connectivity index (χ1v) is 5.40. The Labute approximate surface area is 86.2 Å². The number of nitrogens with zero attached hydrogens (tertiary/aromatic N) is 3. The van der Waals surface area contributed by atoms with Gasteiger partial charge in [-0.2, -0.15) is 5.10 Å². The van der Waals surface area contributed by atoms with Gasteiger partial charge in [0.25, 0.3) is 0 Å². The summed E-state index contributed by atoms with van der Waals surface area (Å²) in [5.41, 5.74) is 0.990. The SMILES string of the molecule is Cc1c(C(O)C(C)C)sc2ncnn12. The zero-order chi connectivity index (χ0) is 10.3. The first kappa shape index (κ1) is 9.61. The zero-order valence-corrected chi connectivity index (χ0v) is 9.25. The first-order valence-electron chi connectivity index (χ1n) is 4.58. The second kappa shape index (κ2) is 3.33. The molecule has 2 aromatic heterocycles. The van der Waals surface area contributed by atoms with Crippen molar-refractivity contribution in [2.75, 3.05) is 0 Å². The highest BCUT2D eigenvalue weighted by molar-refractivity contribution is 7.17. The van der Waals surface area contributed by atoms with Gasteiger partial charge in [-0.3, -0.25) is 0 Å². The summed E-state index contributed by atoms with van der Waals surface area (Å²) in [5, 5.41) is 14.0. The number of rotatable bonds is 2. The average molecular weight is 211 g/mol. The lowest BCUT2D eigenvalue weighted by atomic mass is 10.1. The molecule has 5 heteroatoms. The molecule has 2 rings (SSSR count). The maximum absolute atomic E-state index is 9.94. The van der Waals surface area contributed by atoms with E-state index in [0.717, 1.165) is 15.5 Å². The van der Waals surface area contributed by atoms with Crippen LogP contribution in [0.5, 0.6) is 0 Å². The van der Waals surface area contributed by atoms with Crippen molar-refractivity contribution in [3.05, 3.63) is 16.9 Å². The highest BCUT2D eigenvalue weighted by atomic mass is 32.1. The number of fused-ring (bicyclic) bond motifs is 1. The predicted octanol–water partition coefficient (Wildman–Crippen LogP) is 1.79. The summed E-state index contributed by atoms with van der Waals surface area (Å²) in [6, 6.07) is 0. The monoisotopic (exact) mass is 211 g/mol. The number of hydrogen-bond donors (Lipinski definition) is 1. The van der Waals surface area contributed by atoms with Crippen molar-refractivity contribution < 1.29 is 5.11 Å². The third-order valence-electron chi connectivity index (χ3n) is 2.29. The quantitative estimate of drug-likeness (QED) is 0.824. The lowest BCUT2D eigenvalue weighted by Crippen LogP contribution is -2.05. The summed E-state index contributed by atoms with van der Waals surface area (Å²) in [6.07, 6.45) is 1.12. The van der Waals surface area contributed by atoms with Crippen molar-refractivity contribution in [3.63, 3.8) is 0 Å². The molecule has 0 amide bonds. The molecule has 0 aromatic carbocycles. The van der Waals surface area contributed by atoms with Crippen molar-refractivity contribution in [1.29, 1.82) is 0 Å². The second-order valence-electron chi connectivity index (χ2n) is 3.69. The molecular formula is C9H13N3OS. The van der Waals surface area contributed by atoms with E-state index in [2.05, 4.69) is 10.1 Å². The molecule has 14 heavy (non-hydrogen) atoms. The third-order valence-corrected chi connectivity index (χ3v) is 3.51. The van der Waals surface area contributed by atoms with Gasteiger partial charge in [-0.05, 0) is 12.8 Å². The van der Waals surface area contributed by atoms with E-state index in [9.17, 15) is 5.11 Å². The molecule has 1 N–H and O–H groups in total. The van der Waals surface area contributed by atoms with Gasteiger partial charge in [0.2, 0.25) is 4.96 Å². The van der Waals surface area contributed by atoms with E-state index in [1.165, 1.54) is 17.7 Å². The first-order chi connectivity index (χ1) is 6.61. The normalized spacial score (nSPS) is 14.1. The summed E-state index contributed by atoms with van der Waals surface area (Å²) in [7, 11) is 0. The Bertz CT molecular complexity index is 446. The van der Waals surface area contributed by atoms with Crippen LogP contribution >= 0.6 is 11.3 Å². The third kappa shape index (κ3) is 1.33. The lowest BCUT2D eigenvalue weighted by Gasteiger charge is -2.12. The summed E-state index contributed by atoms with van der Waals surface area (Å²) in [6.45, 7) is 5.96. The molecule has 0 saturated heterocycles. The summed E-state index contributed by atoms with van der Waals surface area (Å²) >= 11 is 1.51.